The standard InChI is InChI=1S/C23H25ClN2O5/c1-23(2,3)31-22(30)26-13-15-6-4-5-7-17(15)19(26)20(27)25-18(21(28)29)12-14-8-10-16(24)11-9-14/h4-11,18-19H,12-13H2,1-3H3,(H,25,27)(H,28,29). The highest BCUT2D eigenvalue weighted by Gasteiger charge is 2.41. The van der Waals surface area contributed by atoms with Gasteiger partial charge in [0.15, 0.2) is 0 Å². The molecule has 0 aliphatic carbocycles. The maximum atomic E-state index is 13.2. The summed E-state index contributed by atoms with van der Waals surface area (Å²) in [6, 6.07) is 11.8. The molecule has 0 fully saturated rings. The van der Waals surface area contributed by atoms with Crippen LogP contribution in [0.1, 0.15) is 43.5 Å². The highest BCUT2D eigenvalue weighted by atomic mass is 35.5. The number of carboxylic acid groups (broad SMARTS) is 1. The summed E-state index contributed by atoms with van der Waals surface area (Å²) >= 11 is 5.89. The van der Waals surface area contributed by atoms with E-state index >= 15 is 0 Å². The summed E-state index contributed by atoms with van der Waals surface area (Å²) in [5, 5.41) is 12.8. The quantitative estimate of drug-likeness (QED) is 0.728. The highest BCUT2D eigenvalue weighted by molar-refractivity contribution is 6.30. The molecular weight excluding hydrogens is 420 g/mol. The van der Waals surface area contributed by atoms with Crippen molar-refractivity contribution >= 4 is 29.6 Å². The topological polar surface area (TPSA) is 95.9 Å². The number of hydrogen-bond donors (Lipinski definition) is 2. The third-order valence-electron chi connectivity index (χ3n) is 4.85. The van der Waals surface area contributed by atoms with Crippen molar-refractivity contribution < 1.29 is 24.2 Å². The van der Waals surface area contributed by atoms with Crippen molar-refractivity contribution in [3.63, 3.8) is 0 Å². The molecule has 0 saturated carbocycles. The smallest absolute Gasteiger partial charge is 0.411 e. The molecule has 2 unspecified atom stereocenters. The van der Waals surface area contributed by atoms with Gasteiger partial charge in [-0.05, 0) is 49.6 Å². The minimum atomic E-state index is -1.17. The first-order chi connectivity index (χ1) is 14.5. The van der Waals surface area contributed by atoms with Crippen molar-refractivity contribution in [3.8, 4) is 0 Å². The predicted octanol–water partition coefficient (Wildman–Crippen LogP) is 3.94. The van der Waals surface area contributed by atoms with Crippen LogP contribution >= 0.6 is 11.6 Å². The monoisotopic (exact) mass is 444 g/mol. The van der Waals surface area contributed by atoms with Crippen molar-refractivity contribution in [2.24, 2.45) is 0 Å². The second-order valence-electron chi connectivity index (χ2n) is 8.44. The Hall–Kier alpha value is -3.06. The first kappa shape index (κ1) is 22.6. The van der Waals surface area contributed by atoms with E-state index in [2.05, 4.69) is 5.32 Å². The van der Waals surface area contributed by atoms with Gasteiger partial charge in [-0.2, -0.15) is 0 Å². The maximum absolute atomic E-state index is 13.2. The van der Waals surface area contributed by atoms with Gasteiger partial charge in [-0.15, -0.1) is 0 Å². The molecule has 2 amide bonds. The average Bonchev–Trinajstić information content (AvgIpc) is 3.07. The van der Waals surface area contributed by atoms with Crippen molar-refractivity contribution in [1.29, 1.82) is 0 Å². The van der Waals surface area contributed by atoms with Crippen molar-refractivity contribution in [1.82, 2.24) is 10.2 Å². The van der Waals surface area contributed by atoms with Crippen molar-refractivity contribution in [2.75, 3.05) is 0 Å². The summed E-state index contributed by atoms with van der Waals surface area (Å²) in [5.74, 6) is -1.74. The Morgan fingerprint density at radius 3 is 2.42 bits per heavy atom. The molecule has 7 nitrogen and oxygen atoms in total. The average molecular weight is 445 g/mol. The van der Waals surface area contributed by atoms with Crippen molar-refractivity contribution in [2.45, 2.75) is 51.4 Å². The van der Waals surface area contributed by atoms with Crippen LogP contribution < -0.4 is 5.32 Å². The van der Waals surface area contributed by atoms with E-state index in [1.54, 1.807) is 57.2 Å². The van der Waals surface area contributed by atoms with Gasteiger partial charge in [0.05, 0.1) is 6.54 Å². The van der Waals surface area contributed by atoms with Crippen LogP contribution in [0.4, 0.5) is 4.79 Å². The van der Waals surface area contributed by atoms with E-state index in [0.717, 1.165) is 5.56 Å². The number of fused-ring (bicyclic) bond motifs is 1. The number of hydrogen-bond acceptors (Lipinski definition) is 4. The number of rotatable bonds is 5. The van der Waals surface area contributed by atoms with Gasteiger partial charge in [-0.3, -0.25) is 9.69 Å². The fourth-order valence-electron chi connectivity index (χ4n) is 3.47. The molecule has 31 heavy (non-hydrogen) atoms. The number of carbonyl (C=O) groups is 3. The van der Waals surface area contributed by atoms with Gasteiger partial charge in [-0.25, -0.2) is 9.59 Å². The molecule has 0 saturated heterocycles. The summed E-state index contributed by atoms with van der Waals surface area (Å²) in [4.78, 5) is 39.1. The number of aliphatic carboxylic acids is 1. The van der Waals surface area contributed by atoms with Gasteiger partial charge in [0.25, 0.3) is 0 Å². The Morgan fingerprint density at radius 2 is 1.81 bits per heavy atom. The van der Waals surface area contributed by atoms with Gasteiger partial charge in [0, 0.05) is 11.4 Å². The van der Waals surface area contributed by atoms with E-state index in [1.807, 2.05) is 12.1 Å². The third kappa shape index (κ3) is 5.55. The van der Waals surface area contributed by atoms with Crippen molar-refractivity contribution in [3.05, 3.63) is 70.2 Å². The largest absolute Gasteiger partial charge is 0.480 e. The summed E-state index contributed by atoms with van der Waals surface area (Å²) in [6.45, 7) is 5.44. The molecule has 1 aliphatic heterocycles. The Balaban J connectivity index is 1.83. The molecule has 164 valence electrons. The fourth-order valence-corrected chi connectivity index (χ4v) is 3.59. The van der Waals surface area contributed by atoms with Crippen LogP contribution in [0.3, 0.4) is 0 Å². The van der Waals surface area contributed by atoms with Crippen LogP contribution in [0.2, 0.25) is 5.02 Å². The maximum Gasteiger partial charge on any atom is 0.411 e. The lowest BCUT2D eigenvalue weighted by Crippen LogP contribution is -2.48. The van der Waals surface area contributed by atoms with Crippen LogP contribution in [0.15, 0.2) is 48.5 Å². The summed E-state index contributed by atoms with van der Waals surface area (Å²) in [5.41, 5.74) is 1.46. The second-order valence-corrected chi connectivity index (χ2v) is 8.88. The third-order valence-corrected chi connectivity index (χ3v) is 5.10. The minimum absolute atomic E-state index is 0.0824. The van der Waals surface area contributed by atoms with E-state index in [0.29, 0.717) is 16.1 Å². The highest BCUT2D eigenvalue weighted by Crippen LogP contribution is 2.35. The fraction of sp³-hybridized carbons (Fsp3) is 0.348. The van der Waals surface area contributed by atoms with Gasteiger partial charge in [0.2, 0.25) is 5.91 Å². The lowest BCUT2D eigenvalue weighted by molar-refractivity contribution is -0.142. The molecule has 1 heterocycles. The first-order valence-electron chi connectivity index (χ1n) is 9.90. The van der Waals surface area contributed by atoms with E-state index in [-0.39, 0.29) is 13.0 Å². The zero-order chi connectivity index (χ0) is 22.8. The SMILES string of the molecule is CC(C)(C)OC(=O)N1Cc2ccccc2C1C(=O)NC(Cc1ccc(Cl)cc1)C(=O)O. The summed E-state index contributed by atoms with van der Waals surface area (Å²) in [7, 11) is 0. The number of carboxylic acids is 1. The van der Waals surface area contributed by atoms with Gasteiger partial charge < -0.3 is 15.2 Å². The van der Waals surface area contributed by atoms with Gasteiger partial charge >= 0.3 is 12.1 Å². The van der Waals surface area contributed by atoms with Crippen LogP contribution in [0.25, 0.3) is 0 Å². The van der Waals surface area contributed by atoms with Crippen LogP contribution in [0.5, 0.6) is 0 Å². The molecule has 0 radical (unpaired) electrons. The number of carbonyl (C=O) groups excluding carboxylic acids is 2. The number of benzene rings is 2. The number of ether oxygens (including phenoxy) is 1. The van der Waals surface area contributed by atoms with Crippen LogP contribution in [-0.4, -0.2) is 39.6 Å². The summed E-state index contributed by atoms with van der Waals surface area (Å²) in [6.07, 6.45) is -0.549. The molecule has 1 aliphatic rings. The number of amides is 2. The molecule has 8 heteroatoms. The zero-order valence-corrected chi connectivity index (χ0v) is 18.3. The van der Waals surface area contributed by atoms with E-state index < -0.39 is 35.7 Å². The molecule has 3 rings (SSSR count). The van der Waals surface area contributed by atoms with Gasteiger partial charge in [-0.1, -0.05) is 48.0 Å². The lowest BCUT2D eigenvalue weighted by Gasteiger charge is -2.29. The number of nitrogens with zero attached hydrogens (tertiary/aromatic N) is 1. The Labute approximate surface area is 186 Å². The summed E-state index contributed by atoms with van der Waals surface area (Å²) < 4.78 is 5.47. The minimum Gasteiger partial charge on any atom is -0.480 e. The first-order valence-corrected chi connectivity index (χ1v) is 10.3. The van der Waals surface area contributed by atoms with Crippen LogP contribution in [0, 0.1) is 0 Å². The number of nitrogens with one attached hydrogen (secondary N) is 1. The Bertz CT molecular complexity index is 984. The lowest BCUT2D eigenvalue weighted by atomic mass is 10.0. The van der Waals surface area contributed by atoms with E-state index in [4.69, 9.17) is 16.3 Å². The normalized spacial score (nSPS) is 16.4. The zero-order valence-electron chi connectivity index (χ0n) is 17.6. The predicted molar refractivity (Wildman–Crippen MR) is 116 cm³/mol. The van der Waals surface area contributed by atoms with Crippen LogP contribution in [-0.2, 0) is 27.3 Å². The molecule has 2 aromatic rings. The molecule has 2 N–H and O–H groups in total. The number of halogens is 1. The Kier molecular flexibility index (Phi) is 6.55. The van der Waals surface area contributed by atoms with E-state index in [1.165, 1.54) is 4.90 Å². The molecule has 0 aromatic heterocycles. The molecule has 0 bridgehead atoms. The van der Waals surface area contributed by atoms with E-state index in [9.17, 15) is 19.5 Å². The van der Waals surface area contributed by atoms with Gasteiger partial charge in [0.1, 0.15) is 17.7 Å². The Morgan fingerprint density at radius 1 is 1.16 bits per heavy atom. The molecule has 2 aromatic carbocycles. The molecule has 0 spiro atoms. The molecular formula is C23H25ClN2O5. The second kappa shape index (κ2) is 8.98. The molecule has 2 atom stereocenters.